The fourth-order valence-corrected chi connectivity index (χ4v) is 5.76. The molecule has 184 valence electrons. The molecule has 0 aliphatic rings. The van der Waals surface area contributed by atoms with Crippen molar-refractivity contribution in [2.24, 2.45) is 0 Å². The van der Waals surface area contributed by atoms with Crippen LogP contribution >= 0.6 is 0 Å². The Labute approximate surface area is 213 Å². The monoisotopic (exact) mass is 498 g/mol. The quantitative estimate of drug-likeness (QED) is 0.338. The summed E-state index contributed by atoms with van der Waals surface area (Å²) in [5.74, 6) is -0.396. The van der Waals surface area contributed by atoms with Crippen LogP contribution in [0.25, 0.3) is 0 Å². The van der Waals surface area contributed by atoms with Crippen molar-refractivity contribution in [2.75, 3.05) is 10.8 Å². The number of amides is 1. The molecule has 0 fully saturated rings. The molecule has 0 bridgehead atoms. The van der Waals surface area contributed by atoms with Crippen LogP contribution < -0.4 is 9.62 Å². The van der Waals surface area contributed by atoms with E-state index in [0.29, 0.717) is 5.69 Å². The maximum atomic E-state index is 13.8. The molecule has 5 nitrogen and oxygen atoms in total. The first-order valence-corrected chi connectivity index (χ1v) is 13.3. The van der Waals surface area contributed by atoms with Gasteiger partial charge in [-0.3, -0.25) is 9.10 Å². The van der Waals surface area contributed by atoms with E-state index in [1.807, 2.05) is 87.5 Å². The predicted octanol–water partition coefficient (Wildman–Crippen LogP) is 5.71. The SMILES string of the molecule is Cc1ccccc1C(NC(=O)CN(c1cccc(C)c1C)S(=O)(=O)c1ccccc1)c1ccccc1. The standard InChI is InChI=1S/C30H30N2O3S/c1-22-14-12-20-28(24(22)3)32(36(34,35)26-17-8-5-9-18-26)21-29(33)31-30(25-15-6-4-7-16-25)27-19-11-10-13-23(27)2/h4-20,30H,21H2,1-3H3,(H,31,33). The first-order chi connectivity index (χ1) is 17.3. The first-order valence-electron chi connectivity index (χ1n) is 11.8. The third-order valence-electron chi connectivity index (χ3n) is 6.40. The molecule has 0 aromatic heterocycles. The third-order valence-corrected chi connectivity index (χ3v) is 8.17. The maximum absolute atomic E-state index is 13.8. The van der Waals surface area contributed by atoms with Gasteiger partial charge in [0.15, 0.2) is 0 Å². The molecule has 0 aliphatic carbocycles. The Kier molecular flexibility index (Phi) is 7.55. The number of carbonyl (C=O) groups excluding carboxylic acids is 1. The minimum absolute atomic E-state index is 0.136. The Balaban J connectivity index is 1.73. The summed E-state index contributed by atoms with van der Waals surface area (Å²) in [5, 5.41) is 3.10. The summed E-state index contributed by atoms with van der Waals surface area (Å²) in [4.78, 5) is 13.7. The number of anilines is 1. The minimum Gasteiger partial charge on any atom is -0.344 e. The lowest BCUT2D eigenvalue weighted by molar-refractivity contribution is -0.120. The van der Waals surface area contributed by atoms with Crippen molar-refractivity contribution < 1.29 is 13.2 Å². The van der Waals surface area contributed by atoms with Crippen molar-refractivity contribution in [3.8, 4) is 0 Å². The van der Waals surface area contributed by atoms with Gasteiger partial charge >= 0.3 is 0 Å². The summed E-state index contributed by atoms with van der Waals surface area (Å²) in [6, 6.07) is 30.8. The number of hydrogen-bond donors (Lipinski definition) is 1. The van der Waals surface area contributed by atoms with E-state index in [1.165, 1.54) is 4.31 Å². The highest BCUT2D eigenvalue weighted by Crippen LogP contribution is 2.29. The van der Waals surface area contributed by atoms with Gasteiger partial charge in [0.2, 0.25) is 5.91 Å². The largest absolute Gasteiger partial charge is 0.344 e. The van der Waals surface area contributed by atoms with E-state index in [-0.39, 0.29) is 11.4 Å². The Morgan fingerprint density at radius 1 is 0.750 bits per heavy atom. The van der Waals surface area contributed by atoms with Crippen LogP contribution in [0.15, 0.2) is 108 Å². The fourth-order valence-electron chi connectivity index (χ4n) is 4.26. The van der Waals surface area contributed by atoms with Crippen LogP contribution in [0.4, 0.5) is 5.69 Å². The van der Waals surface area contributed by atoms with Gasteiger partial charge in [-0.2, -0.15) is 0 Å². The zero-order valence-electron chi connectivity index (χ0n) is 20.7. The van der Waals surface area contributed by atoms with Gasteiger partial charge in [0.05, 0.1) is 16.6 Å². The lowest BCUT2D eigenvalue weighted by atomic mass is 9.95. The molecule has 0 aliphatic heterocycles. The van der Waals surface area contributed by atoms with Crippen LogP contribution in [0, 0.1) is 20.8 Å². The van der Waals surface area contributed by atoms with Crippen molar-refractivity contribution in [3.05, 3.63) is 131 Å². The van der Waals surface area contributed by atoms with Gasteiger partial charge in [0.25, 0.3) is 10.0 Å². The summed E-state index contributed by atoms with van der Waals surface area (Å²) in [5.41, 5.74) is 5.16. The fraction of sp³-hybridized carbons (Fsp3) is 0.167. The van der Waals surface area contributed by atoms with E-state index in [2.05, 4.69) is 5.32 Å². The molecule has 1 amide bonds. The molecular weight excluding hydrogens is 468 g/mol. The summed E-state index contributed by atoms with van der Waals surface area (Å²) >= 11 is 0. The van der Waals surface area contributed by atoms with Crippen LogP contribution in [-0.4, -0.2) is 20.9 Å². The molecular formula is C30H30N2O3S. The molecule has 0 radical (unpaired) electrons. The Hall–Kier alpha value is -3.90. The summed E-state index contributed by atoms with van der Waals surface area (Å²) < 4.78 is 28.7. The van der Waals surface area contributed by atoms with Gasteiger partial charge in [-0.05, 0) is 66.8 Å². The van der Waals surface area contributed by atoms with Gasteiger partial charge < -0.3 is 5.32 Å². The molecule has 1 unspecified atom stereocenters. The molecule has 0 heterocycles. The predicted molar refractivity (Wildman–Crippen MR) is 144 cm³/mol. The topological polar surface area (TPSA) is 66.5 Å². The number of aryl methyl sites for hydroxylation is 2. The number of benzene rings is 4. The lowest BCUT2D eigenvalue weighted by Gasteiger charge is -2.28. The zero-order chi connectivity index (χ0) is 25.7. The first kappa shape index (κ1) is 25.2. The molecule has 0 saturated heterocycles. The maximum Gasteiger partial charge on any atom is 0.264 e. The number of sulfonamides is 1. The zero-order valence-corrected chi connectivity index (χ0v) is 21.5. The van der Waals surface area contributed by atoms with Crippen molar-refractivity contribution in [1.82, 2.24) is 5.32 Å². The van der Waals surface area contributed by atoms with Crippen molar-refractivity contribution in [3.63, 3.8) is 0 Å². The third kappa shape index (κ3) is 5.34. The summed E-state index contributed by atoms with van der Waals surface area (Å²) in [6.07, 6.45) is 0. The molecule has 4 rings (SSSR count). The normalized spacial score (nSPS) is 12.1. The number of carbonyl (C=O) groups is 1. The smallest absolute Gasteiger partial charge is 0.264 e. The second-order valence-corrected chi connectivity index (χ2v) is 10.7. The highest BCUT2D eigenvalue weighted by atomic mass is 32.2. The van der Waals surface area contributed by atoms with Gasteiger partial charge in [0, 0.05) is 0 Å². The van der Waals surface area contributed by atoms with E-state index in [1.54, 1.807) is 36.4 Å². The molecule has 4 aromatic rings. The van der Waals surface area contributed by atoms with Crippen molar-refractivity contribution in [1.29, 1.82) is 0 Å². The van der Waals surface area contributed by atoms with Gasteiger partial charge in [-0.15, -0.1) is 0 Å². The molecule has 6 heteroatoms. The van der Waals surface area contributed by atoms with Crippen LogP contribution in [-0.2, 0) is 14.8 Å². The number of hydrogen-bond acceptors (Lipinski definition) is 3. The summed E-state index contributed by atoms with van der Waals surface area (Å²) in [6.45, 7) is 5.45. The Morgan fingerprint density at radius 3 is 2.00 bits per heavy atom. The van der Waals surface area contributed by atoms with Gasteiger partial charge in [-0.25, -0.2) is 8.42 Å². The average Bonchev–Trinajstić information content (AvgIpc) is 2.89. The number of nitrogens with zero attached hydrogens (tertiary/aromatic N) is 1. The summed E-state index contributed by atoms with van der Waals surface area (Å²) in [7, 11) is -3.99. The molecule has 0 spiro atoms. The second-order valence-electron chi connectivity index (χ2n) is 8.81. The van der Waals surface area contributed by atoms with E-state index >= 15 is 0 Å². The molecule has 1 atom stereocenters. The number of rotatable bonds is 8. The van der Waals surface area contributed by atoms with Crippen LogP contribution in [0.2, 0.25) is 0 Å². The molecule has 1 N–H and O–H groups in total. The van der Waals surface area contributed by atoms with E-state index in [0.717, 1.165) is 27.8 Å². The highest BCUT2D eigenvalue weighted by Gasteiger charge is 2.29. The van der Waals surface area contributed by atoms with E-state index in [4.69, 9.17) is 0 Å². The number of nitrogens with one attached hydrogen (secondary N) is 1. The van der Waals surface area contributed by atoms with Crippen LogP contribution in [0.1, 0.15) is 33.9 Å². The molecule has 4 aromatic carbocycles. The average molecular weight is 499 g/mol. The highest BCUT2D eigenvalue weighted by molar-refractivity contribution is 7.92. The van der Waals surface area contributed by atoms with Gasteiger partial charge in [-0.1, -0.05) is 84.9 Å². The lowest BCUT2D eigenvalue weighted by Crippen LogP contribution is -2.42. The second kappa shape index (κ2) is 10.8. The van der Waals surface area contributed by atoms with Crippen molar-refractivity contribution in [2.45, 2.75) is 31.7 Å². The van der Waals surface area contributed by atoms with Crippen LogP contribution in [0.5, 0.6) is 0 Å². The van der Waals surface area contributed by atoms with E-state index in [9.17, 15) is 13.2 Å². The molecule has 0 saturated carbocycles. The minimum atomic E-state index is -3.99. The van der Waals surface area contributed by atoms with E-state index < -0.39 is 22.0 Å². The van der Waals surface area contributed by atoms with Gasteiger partial charge in [0.1, 0.15) is 6.54 Å². The molecule has 36 heavy (non-hydrogen) atoms. The Bertz CT molecular complexity index is 1450. The Morgan fingerprint density at radius 2 is 1.33 bits per heavy atom. The van der Waals surface area contributed by atoms with Crippen molar-refractivity contribution >= 4 is 21.6 Å². The van der Waals surface area contributed by atoms with Crippen LogP contribution in [0.3, 0.4) is 0 Å².